The highest BCUT2D eigenvalue weighted by Gasteiger charge is 2.20. The fourth-order valence-electron chi connectivity index (χ4n) is 1.08. The molecule has 2 N–H and O–H groups in total. The Bertz CT molecular complexity index is 335. The van der Waals surface area contributed by atoms with E-state index in [2.05, 4.69) is 5.32 Å². The molecule has 4 nitrogen and oxygen atoms in total. The van der Waals surface area contributed by atoms with Gasteiger partial charge in [-0.15, -0.1) is 11.3 Å². The molecule has 1 aromatic heterocycles. The zero-order valence-electron chi connectivity index (χ0n) is 7.69. The van der Waals surface area contributed by atoms with Gasteiger partial charge in [0, 0.05) is 9.75 Å². The molecule has 0 bridgehead atoms. The number of carbonyl (C=O) groups excluding carboxylic acids is 1. The molecule has 76 valence electrons. The van der Waals surface area contributed by atoms with Crippen LogP contribution in [0.3, 0.4) is 0 Å². The average molecular weight is 213 g/mol. The zero-order valence-corrected chi connectivity index (χ0v) is 8.50. The highest BCUT2D eigenvalue weighted by molar-refractivity contribution is 7.12. The summed E-state index contributed by atoms with van der Waals surface area (Å²) in [6.45, 7) is 2.00. The SMILES string of the molecule is CCc1ccc(C(NC=O)C(=O)O)s1. The number of amides is 1. The number of thiophene rings is 1. The molecule has 0 fully saturated rings. The third kappa shape index (κ3) is 2.32. The summed E-state index contributed by atoms with van der Waals surface area (Å²) in [5, 5.41) is 11.1. The van der Waals surface area contributed by atoms with E-state index in [4.69, 9.17) is 5.11 Å². The van der Waals surface area contributed by atoms with Crippen LogP contribution < -0.4 is 5.32 Å². The standard InChI is InChI=1S/C9H11NO3S/c1-2-6-3-4-7(14-6)8(9(12)13)10-5-11/h3-5,8H,2H2,1H3,(H,10,11)(H,12,13). The van der Waals surface area contributed by atoms with Crippen LogP contribution in [0.5, 0.6) is 0 Å². The molecule has 0 spiro atoms. The number of aryl methyl sites for hydroxylation is 1. The molecule has 1 amide bonds. The summed E-state index contributed by atoms with van der Waals surface area (Å²) in [6.07, 6.45) is 1.28. The van der Waals surface area contributed by atoms with Crippen molar-refractivity contribution >= 4 is 23.7 Å². The summed E-state index contributed by atoms with van der Waals surface area (Å²) in [5.41, 5.74) is 0. The van der Waals surface area contributed by atoms with E-state index in [1.807, 2.05) is 13.0 Å². The number of carbonyl (C=O) groups is 2. The van der Waals surface area contributed by atoms with Crippen molar-refractivity contribution in [1.29, 1.82) is 0 Å². The Morgan fingerprint density at radius 2 is 2.43 bits per heavy atom. The molecule has 0 saturated heterocycles. The van der Waals surface area contributed by atoms with Crippen LogP contribution in [0.1, 0.15) is 22.7 Å². The first-order valence-electron chi connectivity index (χ1n) is 4.20. The maximum absolute atomic E-state index is 10.8. The lowest BCUT2D eigenvalue weighted by molar-refractivity contribution is -0.140. The van der Waals surface area contributed by atoms with E-state index in [0.29, 0.717) is 11.3 Å². The quantitative estimate of drug-likeness (QED) is 0.722. The maximum atomic E-state index is 10.8. The van der Waals surface area contributed by atoms with Crippen molar-refractivity contribution in [2.24, 2.45) is 0 Å². The second-order valence-corrected chi connectivity index (χ2v) is 3.91. The van der Waals surface area contributed by atoms with E-state index < -0.39 is 12.0 Å². The van der Waals surface area contributed by atoms with Gasteiger partial charge in [0.2, 0.25) is 6.41 Å². The molecule has 0 saturated carbocycles. The Hall–Kier alpha value is -1.36. The number of nitrogens with one attached hydrogen (secondary N) is 1. The van der Waals surface area contributed by atoms with Gasteiger partial charge in [-0.1, -0.05) is 6.92 Å². The number of hydrogen-bond acceptors (Lipinski definition) is 3. The fraction of sp³-hybridized carbons (Fsp3) is 0.333. The van der Waals surface area contributed by atoms with Gasteiger partial charge < -0.3 is 10.4 Å². The second-order valence-electron chi connectivity index (χ2n) is 2.71. The van der Waals surface area contributed by atoms with Gasteiger partial charge in [-0.2, -0.15) is 0 Å². The average Bonchev–Trinajstić information content (AvgIpc) is 2.61. The maximum Gasteiger partial charge on any atom is 0.331 e. The highest BCUT2D eigenvalue weighted by atomic mass is 32.1. The van der Waals surface area contributed by atoms with E-state index in [1.54, 1.807) is 6.07 Å². The molecular formula is C9H11NO3S. The highest BCUT2D eigenvalue weighted by Crippen LogP contribution is 2.23. The smallest absolute Gasteiger partial charge is 0.331 e. The summed E-state index contributed by atoms with van der Waals surface area (Å²) in [7, 11) is 0. The molecule has 0 aliphatic rings. The van der Waals surface area contributed by atoms with Crippen molar-refractivity contribution in [3.05, 3.63) is 21.9 Å². The van der Waals surface area contributed by atoms with Gasteiger partial charge in [0.1, 0.15) is 0 Å². The van der Waals surface area contributed by atoms with Gasteiger partial charge >= 0.3 is 5.97 Å². The minimum absolute atomic E-state index is 0.407. The first kappa shape index (κ1) is 10.7. The van der Waals surface area contributed by atoms with Crippen LogP contribution >= 0.6 is 11.3 Å². The van der Waals surface area contributed by atoms with Crippen LogP contribution in [0.2, 0.25) is 0 Å². The van der Waals surface area contributed by atoms with Crippen LogP contribution in [0, 0.1) is 0 Å². The Morgan fingerprint density at radius 1 is 1.71 bits per heavy atom. The Labute approximate surface area is 85.6 Å². The number of aliphatic carboxylic acids is 1. The van der Waals surface area contributed by atoms with Crippen molar-refractivity contribution in [2.75, 3.05) is 0 Å². The molecule has 0 radical (unpaired) electrons. The van der Waals surface area contributed by atoms with Crippen LogP contribution in [-0.2, 0) is 16.0 Å². The third-order valence-corrected chi connectivity index (χ3v) is 3.09. The lowest BCUT2D eigenvalue weighted by Gasteiger charge is -2.07. The van der Waals surface area contributed by atoms with Crippen molar-refractivity contribution in [1.82, 2.24) is 5.32 Å². The lowest BCUT2D eigenvalue weighted by Crippen LogP contribution is -2.26. The van der Waals surface area contributed by atoms with Crippen molar-refractivity contribution < 1.29 is 14.7 Å². The van der Waals surface area contributed by atoms with Crippen LogP contribution in [0.25, 0.3) is 0 Å². The topological polar surface area (TPSA) is 66.4 Å². The summed E-state index contributed by atoms with van der Waals surface area (Å²) >= 11 is 1.41. The minimum atomic E-state index is -1.04. The van der Waals surface area contributed by atoms with Gasteiger partial charge in [-0.05, 0) is 18.6 Å². The molecule has 5 heteroatoms. The monoisotopic (exact) mass is 213 g/mol. The molecule has 1 rings (SSSR count). The normalized spacial score (nSPS) is 12.1. The van der Waals surface area contributed by atoms with Crippen molar-refractivity contribution in [3.8, 4) is 0 Å². The Kier molecular flexibility index (Phi) is 3.64. The van der Waals surface area contributed by atoms with E-state index in [9.17, 15) is 9.59 Å². The third-order valence-electron chi connectivity index (χ3n) is 1.80. The number of rotatable bonds is 5. The fourth-order valence-corrected chi connectivity index (χ4v) is 2.09. The molecule has 1 aromatic rings. The summed E-state index contributed by atoms with van der Waals surface area (Å²) in [4.78, 5) is 22.7. The molecule has 1 heterocycles. The van der Waals surface area contributed by atoms with Crippen LogP contribution in [0.15, 0.2) is 12.1 Å². The minimum Gasteiger partial charge on any atom is -0.479 e. The first-order valence-corrected chi connectivity index (χ1v) is 5.01. The summed E-state index contributed by atoms with van der Waals surface area (Å²) in [6, 6.07) is 2.69. The predicted molar refractivity (Wildman–Crippen MR) is 53.3 cm³/mol. The predicted octanol–water partition coefficient (Wildman–Crippen LogP) is 1.18. The Balaban J connectivity index is 2.86. The van der Waals surface area contributed by atoms with Gasteiger partial charge in [0.15, 0.2) is 6.04 Å². The van der Waals surface area contributed by atoms with Gasteiger partial charge in [-0.25, -0.2) is 4.79 Å². The van der Waals surface area contributed by atoms with Gasteiger partial charge in [0.05, 0.1) is 0 Å². The van der Waals surface area contributed by atoms with Gasteiger partial charge in [0.25, 0.3) is 0 Å². The molecular weight excluding hydrogens is 202 g/mol. The molecule has 0 aromatic carbocycles. The Morgan fingerprint density at radius 3 is 2.86 bits per heavy atom. The van der Waals surface area contributed by atoms with Gasteiger partial charge in [-0.3, -0.25) is 4.79 Å². The van der Waals surface area contributed by atoms with E-state index in [1.165, 1.54) is 11.3 Å². The van der Waals surface area contributed by atoms with Crippen LogP contribution in [0.4, 0.5) is 0 Å². The summed E-state index contributed by atoms with van der Waals surface area (Å²) in [5.74, 6) is -1.04. The second kappa shape index (κ2) is 4.76. The molecule has 1 unspecified atom stereocenters. The lowest BCUT2D eigenvalue weighted by atomic mass is 10.2. The van der Waals surface area contributed by atoms with Crippen molar-refractivity contribution in [3.63, 3.8) is 0 Å². The van der Waals surface area contributed by atoms with Crippen LogP contribution in [-0.4, -0.2) is 17.5 Å². The molecule has 0 aliphatic carbocycles. The van der Waals surface area contributed by atoms with Crippen molar-refractivity contribution in [2.45, 2.75) is 19.4 Å². The van der Waals surface area contributed by atoms with E-state index in [0.717, 1.165) is 11.3 Å². The number of carboxylic acids is 1. The largest absolute Gasteiger partial charge is 0.479 e. The van der Waals surface area contributed by atoms with E-state index >= 15 is 0 Å². The molecule has 1 atom stereocenters. The molecule has 14 heavy (non-hydrogen) atoms. The number of carboxylic acid groups (broad SMARTS) is 1. The first-order chi connectivity index (χ1) is 6.69. The summed E-state index contributed by atoms with van der Waals surface area (Å²) < 4.78 is 0. The zero-order chi connectivity index (χ0) is 10.6. The number of hydrogen-bond donors (Lipinski definition) is 2. The molecule has 0 aliphatic heterocycles. The van der Waals surface area contributed by atoms with E-state index in [-0.39, 0.29) is 0 Å².